The van der Waals surface area contributed by atoms with Crippen LogP contribution >= 0.6 is 0 Å². The molecule has 5 nitrogen and oxygen atoms in total. The topological polar surface area (TPSA) is 95.6 Å². The van der Waals surface area contributed by atoms with Crippen LogP contribution in [0.4, 0.5) is 5.69 Å². The van der Waals surface area contributed by atoms with E-state index in [2.05, 4.69) is 17.2 Å². The highest BCUT2D eigenvalue weighted by Crippen LogP contribution is 2.27. The summed E-state index contributed by atoms with van der Waals surface area (Å²) in [5.41, 5.74) is 6.35. The number of nitrogens with two attached hydrogens (primary N) is 1. The number of hydrogen-bond acceptors (Lipinski definition) is 4. The Labute approximate surface area is 122 Å². The molecular weight excluding hydrogens is 268 g/mol. The Morgan fingerprint density at radius 3 is 2.48 bits per heavy atom. The summed E-state index contributed by atoms with van der Waals surface area (Å²) >= 11 is 0. The van der Waals surface area contributed by atoms with Crippen molar-refractivity contribution >= 4 is 11.6 Å². The summed E-state index contributed by atoms with van der Waals surface area (Å²) in [6, 6.07) is 11.0. The van der Waals surface area contributed by atoms with E-state index in [0.29, 0.717) is 11.3 Å². The number of phenols is 2. The second-order valence-corrected chi connectivity index (χ2v) is 4.21. The van der Waals surface area contributed by atoms with Gasteiger partial charge in [0.15, 0.2) is 0 Å². The molecule has 1 amide bonds. The third kappa shape index (κ3) is 3.53. The van der Waals surface area contributed by atoms with E-state index in [9.17, 15) is 15.0 Å². The number of benzene rings is 2. The van der Waals surface area contributed by atoms with Crippen molar-refractivity contribution < 1.29 is 15.0 Å². The fourth-order valence-electron chi connectivity index (χ4n) is 1.78. The normalized spacial score (nSPS) is 9.57. The Hall–Kier alpha value is -2.97. The second kappa shape index (κ2) is 6.46. The van der Waals surface area contributed by atoms with Crippen LogP contribution in [0.2, 0.25) is 0 Å². The summed E-state index contributed by atoms with van der Waals surface area (Å²) in [7, 11) is 0. The summed E-state index contributed by atoms with van der Waals surface area (Å²) in [4.78, 5) is 12.1. The van der Waals surface area contributed by atoms with Gasteiger partial charge in [0.05, 0.1) is 6.54 Å². The zero-order chi connectivity index (χ0) is 15.2. The molecule has 5 heteroatoms. The van der Waals surface area contributed by atoms with Crippen LogP contribution in [-0.2, 0) is 0 Å². The number of aromatic hydroxyl groups is 2. The molecule has 0 saturated carbocycles. The second-order valence-electron chi connectivity index (χ2n) is 4.21. The molecule has 0 radical (unpaired) electrons. The molecule has 0 bridgehead atoms. The first-order valence-corrected chi connectivity index (χ1v) is 6.23. The molecule has 21 heavy (non-hydrogen) atoms. The van der Waals surface area contributed by atoms with Crippen LogP contribution in [-0.4, -0.2) is 22.7 Å². The lowest BCUT2D eigenvalue weighted by Gasteiger charge is -2.08. The maximum atomic E-state index is 12.1. The number of carbonyl (C=O) groups excluding carboxylic acids is 1. The molecule has 106 valence electrons. The standard InChI is InChI=1S/C16H14N2O3/c17-9-3-5-11-4-1-6-12(10-11)18-16(21)15-13(19)7-2-8-14(15)20/h1-2,4,6-8,10,19-20H,9,17H2,(H,18,21). The van der Waals surface area contributed by atoms with Crippen molar-refractivity contribution in [1.82, 2.24) is 0 Å². The number of carbonyl (C=O) groups is 1. The first-order chi connectivity index (χ1) is 10.1. The fourth-order valence-corrected chi connectivity index (χ4v) is 1.78. The van der Waals surface area contributed by atoms with Crippen molar-refractivity contribution in [1.29, 1.82) is 0 Å². The van der Waals surface area contributed by atoms with E-state index in [-0.39, 0.29) is 23.6 Å². The number of nitrogens with one attached hydrogen (secondary N) is 1. The molecule has 0 spiro atoms. The van der Waals surface area contributed by atoms with Crippen LogP contribution in [0.15, 0.2) is 42.5 Å². The minimum Gasteiger partial charge on any atom is -0.507 e. The number of phenolic OH excluding ortho intramolecular Hbond substituents is 2. The van der Waals surface area contributed by atoms with Gasteiger partial charge in [0.1, 0.15) is 17.1 Å². The molecule has 0 aliphatic rings. The monoisotopic (exact) mass is 282 g/mol. The Balaban J connectivity index is 2.24. The molecule has 0 aliphatic carbocycles. The first kappa shape index (κ1) is 14.4. The maximum Gasteiger partial charge on any atom is 0.263 e. The van der Waals surface area contributed by atoms with Crippen LogP contribution in [0.1, 0.15) is 15.9 Å². The Kier molecular flexibility index (Phi) is 4.44. The van der Waals surface area contributed by atoms with Gasteiger partial charge in [-0.05, 0) is 30.3 Å². The summed E-state index contributed by atoms with van der Waals surface area (Å²) in [6.07, 6.45) is 0. The zero-order valence-electron chi connectivity index (χ0n) is 11.1. The van der Waals surface area contributed by atoms with E-state index in [1.165, 1.54) is 18.2 Å². The minimum atomic E-state index is -0.602. The van der Waals surface area contributed by atoms with Gasteiger partial charge < -0.3 is 21.3 Å². The van der Waals surface area contributed by atoms with Gasteiger partial charge in [0, 0.05) is 11.3 Å². The highest BCUT2D eigenvalue weighted by molar-refractivity contribution is 6.08. The number of rotatable bonds is 2. The summed E-state index contributed by atoms with van der Waals surface area (Å²) in [5, 5.41) is 21.9. The highest BCUT2D eigenvalue weighted by Gasteiger charge is 2.16. The fraction of sp³-hybridized carbons (Fsp3) is 0.0625. The van der Waals surface area contributed by atoms with Crippen molar-refractivity contribution in [2.75, 3.05) is 11.9 Å². The van der Waals surface area contributed by atoms with Crippen molar-refractivity contribution in [3.8, 4) is 23.3 Å². The Bertz CT molecular complexity index is 710. The molecule has 5 N–H and O–H groups in total. The molecule has 0 atom stereocenters. The first-order valence-electron chi connectivity index (χ1n) is 6.23. The Morgan fingerprint density at radius 2 is 1.81 bits per heavy atom. The average Bonchev–Trinajstić information content (AvgIpc) is 2.45. The molecule has 0 aromatic heterocycles. The lowest BCUT2D eigenvalue weighted by atomic mass is 10.1. The summed E-state index contributed by atoms with van der Waals surface area (Å²) in [6.45, 7) is 0.252. The smallest absolute Gasteiger partial charge is 0.263 e. The summed E-state index contributed by atoms with van der Waals surface area (Å²) < 4.78 is 0. The molecule has 2 aromatic carbocycles. The summed E-state index contributed by atoms with van der Waals surface area (Å²) in [5.74, 6) is 4.40. The van der Waals surface area contributed by atoms with E-state index in [1.54, 1.807) is 24.3 Å². The van der Waals surface area contributed by atoms with E-state index in [0.717, 1.165) is 0 Å². The van der Waals surface area contributed by atoms with Gasteiger partial charge in [-0.25, -0.2) is 0 Å². The molecule has 0 saturated heterocycles. The number of amides is 1. The maximum absolute atomic E-state index is 12.1. The van der Waals surface area contributed by atoms with Crippen LogP contribution in [0.5, 0.6) is 11.5 Å². The van der Waals surface area contributed by atoms with E-state index < -0.39 is 5.91 Å². The molecule has 2 rings (SSSR count). The Morgan fingerprint density at radius 1 is 1.14 bits per heavy atom. The van der Waals surface area contributed by atoms with Crippen molar-refractivity contribution in [3.63, 3.8) is 0 Å². The van der Waals surface area contributed by atoms with Gasteiger partial charge in [-0.3, -0.25) is 4.79 Å². The quantitative estimate of drug-likeness (QED) is 0.630. The number of hydrogen-bond donors (Lipinski definition) is 4. The van der Waals surface area contributed by atoms with E-state index >= 15 is 0 Å². The minimum absolute atomic E-state index is 0.170. The zero-order valence-corrected chi connectivity index (χ0v) is 11.1. The van der Waals surface area contributed by atoms with E-state index in [4.69, 9.17) is 5.73 Å². The van der Waals surface area contributed by atoms with Crippen LogP contribution < -0.4 is 11.1 Å². The lowest BCUT2D eigenvalue weighted by Crippen LogP contribution is -2.12. The average molecular weight is 282 g/mol. The van der Waals surface area contributed by atoms with Crippen LogP contribution in [0, 0.1) is 11.8 Å². The number of anilines is 1. The third-order valence-corrected chi connectivity index (χ3v) is 2.70. The molecule has 0 heterocycles. The van der Waals surface area contributed by atoms with Gasteiger partial charge in [-0.2, -0.15) is 0 Å². The molecular formula is C16H14N2O3. The van der Waals surface area contributed by atoms with Crippen LogP contribution in [0.3, 0.4) is 0 Å². The molecule has 0 fully saturated rings. The van der Waals surface area contributed by atoms with Gasteiger partial charge in [0.25, 0.3) is 5.91 Å². The predicted octanol–water partition coefficient (Wildman–Crippen LogP) is 1.66. The van der Waals surface area contributed by atoms with Crippen LogP contribution in [0.25, 0.3) is 0 Å². The van der Waals surface area contributed by atoms with Gasteiger partial charge in [-0.1, -0.05) is 24.0 Å². The highest BCUT2D eigenvalue weighted by atomic mass is 16.3. The van der Waals surface area contributed by atoms with E-state index in [1.807, 2.05) is 0 Å². The molecule has 0 unspecified atom stereocenters. The molecule has 0 aliphatic heterocycles. The lowest BCUT2D eigenvalue weighted by molar-refractivity contribution is 0.102. The van der Waals surface area contributed by atoms with Crippen molar-refractivity contribution in [2.45, 2.75) is 0 Å². The van der Waals surface area contributed by atoms with Gasteiger partial charge >= 0.3 is 0 Å². The van der Waals surface area contributed by atoms with Gasteiger partial charge in [-0.15, -0.1) is 0 Å². The van der Waals surface area contributed by atoms with Gasteiger partial charge in [0.2, 0.25) is 0 Å². The van der Waals surface area contributed by atoms with Crippen molar-refractivity contribution in [2.24, 2.45) is 5.73 Å². The SMILES string of the molecule is NCC#Cc1cccc(NC(=O)c2c(O)cccc2O)c1. The largest absolute Gasteiger partial charge is 0.507 e. The van der Waals surface area contributed by atoms with Crippen molar-refractivity contribution in [3.05, 3.63) is 53.6 Å². The molecule has 2 aromatic rings. The predicted molar refractivity (Wildman–Crippen MR) is 80.1 cm³/mol. The third-order valence-electron chi connectivity index (χ3n) is 2.70.